The third-order valence-corrected chi connectivity index (χ3v) is 5.84. The fraction of sp³-hybridized carbons (Fsp3) is 0.500. The Bertz CT molecular complexity index is 890. The number of morpholine rings is 1. The molecule has 1 atom stereocenters. The molecule has 3 heterocycles. The van der Waals surface area contributed by atoms with Crippen LogP contribution in [0.15, 0.2) is 47.3 Å². The lowest BCUT2D eigenvalue weighted by atomic mass is 9.99. The second kappa shape index (κ2) is 8.78. The van der Waals surface area contributed by atoms with E-state index in [2.05, 4.69) is 16.9 Å². The van der Waals surface area contributed by atoms with Gasteiger partial charge in [-0.25, -0.2) is 4.68 Å². The Kier molecular flexibility index (Phi) is 5.94. The maximum atomic E-state index is 12.9. The molecule has 0 saturated carbocycles. The Morgan fingerprint density at radius 1 is 1.10 bits per heavy atom. The molecule has 0 aliphatic carbocycles. The van der Waals surface area contributed by atoms with Crippen LogP contribution >= 0.6 is 0 Å². The van der Waals surface area contributed by atoms with Crippen LogP contribution < -0.4 is 10.5 Å². The number of carbonyl (C=O) groups excluding carboxylic acids is 1. The summed E-state index contributed by atoms with van der Waals surface area (Å²) in [5, 5.41) is 4.48. The van der Waals surface area contributed by atoms with Gasteiger partial charge >= 0.3 is 0 Å². The highest BCUT2D eigenvalue weighted by molar-refractivity contribution is 5.76. The van der Waals surface area contributed by atoms with E-state index >= 15 is 0 Å². The van der Waals surface area contributed by atoms with E-state index in [1.165, 1.54) is 10.7 Å². The number of amides is 1. The molecule has 2 aliphatic rings. The monoisotopic (exact) mass is 396 g/mol. The summed E-state index contributed by atoms with van der Waals surface area (Å²) in [6, 6.07) is 13.2. The highest BCUT2D eigenvalue weighted by Gasteiger charge is 2.26. The number of benzene rings is 1. The first kappa shape index (κ1) is 19.6. The molecule has 0 N–H and O–H groups in total. The second-order valence-corrected chi connectivity index (χ2v) is 7.97. The number of aromatic nitrogens is 2. The normalized spacial score (nSPS) is 20.7. The summed E-state index contributed by atoms with van der Waals surface area (Å²) in [7, 11) is 0. The molecule has 0 spiro atoms. The Morgan fingerprint density at radius 2 is 1.86 bits per heavy atom. The van der Waals surface area contributed by atoms with Crippen molar-refractivity contribution in [3.63, 3.8) is 0 Å². The summed E-state index contributed by atoms with van der Waals surface area (Å²) >= 11 is 0. The van der Waals surface area contributed by atoms with E-state index in [9.17, 15) is 9.59 Å². The number of hydrogen-bond acceptors (Lipinski definition) is 5. The van der Waals surface area contributed by atoms with E-state index in [-0.39, 0.29) is 24.1 Å². The van der Waals surface area contributed by atoms with Gasteiger partial charge in [0.05, 0.1) is 13.2 Å². The van der Waals surface area contributed by atoms with Crippen molar-refractivity contribution < 1.29 is 9.53 Å². The van der Waals surface area contributed by atoms with Gasteiger partial charge in [0, 0.05) is 25.7 Å². The topological polar surface area (TPSA) is 67.7 Å². The van der Waals surface area contributed by atoms with Crippen molar-refractivity contribution in [3.05, 3.63) is 58.4 Å². The van der Waals surface area contributed by atoms with E-state index < -0.39 is 0 Å². The molecule has 2 saturated heterocycles. The number of ether oxygens (including phenoxy) is 1. The highest BCUT2D eigenvalue weighted by Crippen LogP contribution is 2.22. The van der Waals surface area contributed by atoms with E-state index in [0.29, 0.717) is 19.7 Å². The molecule has 0 bridgehead atoms. The fourth-order valence-corrected chi connectivity index (χ4v) is 3.93. The molecular formula is C22H28N4O3. The van der Waals surface area contributed by atoms with Gasteiger partial charge in [0.2, 0.25) is 5.91 Å². The van der Waals surface area contributed by atoms with E-state index in [4.69, 9.17) is 4.74 Å². The number of piperidine rings is 1. The predicted octanol–water partition coefficient (Wildman–Crippen LogP) is 2.08. The molecule has 7 heteroatoms. The minimum absolute atomic E-state index is 0.0432. The summed E-state index contributed by atoms with van der Waals surface area (Å²) in [6.45, 7) is 5.58. The van der Waals surface area contributed by atoms with Gasteiger partial charge in [-0.1, -0.05) is 37.3 Å². The molecule has 154 valence electrons. The van der Waals surface area contributed by atoms with Crippen LogP contribution in [0, 0.1) is 5.92 Å². The van der Waals surface area contributed by atoms with Crippen molar-refractivity contribution in [2.45, 2.75) is 32.4 Å². The van der Waals surface area contributed by atoms with Crippen LogP contribution in [0.3, 0.4) is 0 Å². The van der Waals surface area contributed by atoms with Crippen LogP contribution in [0.4, 0.5) is 5.82 Å². The van der Waals surface area contributed by atoms with Gasteiger partial charge in [-0.2, -0.15) is 5.10 Å². The average molecular weight is 396 g/mol. The van der Waals surface area contributed by atoms with Crippen molar-refractivity contribution in [2.24, 2.45) is 5.92 Å². The fourth-order valence-electron chi connectivity index (χ4n) is 3.93. The molecule has 29 heavy (non-hydrogen) atoms. The first-order chi connectivity index (χ1) is 14.1. The number of carbonyl (C=O) groups is 1. The lowest BCUT2D eigenvalue weighted by molar-refractivity contribution is -0.139. The lowest BCUT2D eigenvalue weighted by Gasteiger charge is -2.33. The first-order valence-electron chi connectivity index (χ1n) is 10.4. The number of nitrogens with zero attached hydrogens (tertiary/aromatic N) is 4. The molecule has 1 amide bonds. The van der Waals surface area contributed by atoms with E-state index in [1.807, 2.05) is 30.3 Å². The van der Waals surface area contributed by atoms with Crippen LogP contribution in [0.2, 0.25) is 0 Å². The number of rotatable bonds is 4. The Balaban J connectivity index is 1.44. The molecule has 2 fully saturated rings. The highest BCUT2D eigenvalue weighted by atomic mass is 16.5. The molecule has 1 aromatic carbocycles. The first-order valence-corrected chi connectivity index (χ1v) is 10.4. The Hall–Kier alpha value is -2.67. The van der Waals surface area contributed by atoms with Gasteiger partial charge < -0.3 is 14.5 Å². The van der Waals surface area contributed by atoms with Crippen LogP contribution in [-0.4, -0.2) is 53.4 Å². The molecular weight excluding hydrogens is 368 g/mol. The van der Waals surface area contributed by atoms with E-state index in [1.54, 1.807) is 11.0 Å². The predicted molar refractivity (Wildman–Crippen MR) is 111 cm³/mol. The zero-order valence-electron chi connectivity index (χ0n) is 16.9. The Morgan fingerprint density at radius 3 is 2.62 bits per heavy atom. The van der Waals surface area contributed by atoms with Gasteiger partial charge in [-0.05, 0) is 30.4 Å². The Labute approximate surface area is 170 Å². The van der Waals surface area contributed by atoms with Gasteiger partial charge in [-0.15, -0.1) is 0 Å². The van der Waals surface area contributed by atoms with Crippen LogP contribution in [0.1, 0.15) is 31.4 Å². The van der Waals surface area contributed by atoms with Crippen molar-refractivity contribution in [3.8, 4) is 0 Å². The minimum atomic E-state index is -0.250. The lowest BCUT2D eigenvalue weighted by Crippen LogP contribution is -2.45. The standard InChI is InChI=1S/C22H28N4O3/c1-17-9-11-24(12-10-17)20-7-8-21(27)26(23-20)16-22(28)25-13-14-29-19(15-25)18-5-3-2-4-6-18/h2-8,17,19H,9-16H2,1H3. The summed E-state index contributed by atoms with van der Waals surface area (Å²) in [5.41, 5.74) is 0.807. The third-order valence-electron chi connectivity index (χ3n) is 5.84. The van der Waals surface area contributed by atoms with Gasteiger partial charge in [0.15, 0.2) is 0 Å². The van der Waals surface area contributed by atoms with Gasteiger partial charge in [0.1, 0.15) is 18.5 Å². The molecule has 0 radical (unpaired) electrons. The zero-order chi connectivity index (χ0) is 20.2. The van der Waals surface area contributed by atoms with Crippen LogP contribution in [0.25, 0.3) is 0 Å². The number of anilines is 1. The maximum absolute atomic E-state index is 12.9. The SMILES string of the molecule is CC1CCN(c2ccc(=O)n(CC(=O)N3CCOC(c4ccccc4)C3)n2)CC1. The summed E-state index contributed by atoms with van der Waals surface area (Å²) in [6.07, 6.45) is 2.10. The van der Waals surface area contributed by atoms with Gasteiger partial charge in [0.25, 0.3) is 5.56 Å². The smallest absolute Gasteiger partial charge is 0.267 e. The second-order valence-electron chi connectivity index (χ2n) is 7.97. The molecule has 1 unspecified atom stereocenters. The van der Waals surface area contributed by atoms with Gasteiger partial charge in [-0.3, -0.25) is 9.59 Å². The van der Waals surface area contributed by atoms with E-state index in [0.717, 1.165) is 43.2 Å². The minimum Gasteiger partial charge on any atom is -0.370 e. The zero-order valence-corrected chi connectivity index (χ0v) is 16.9. The molecule has 4 rings (SSSR count). The van der Waals surface area contributed by atoms with Crippen LogP contribution in [0.5, 0.6) is 0 Å². The van der Waals surface area contributed by atoms with Crippen LogP contribution in [-0.2, 0) is 16.1 Å². The summed E-state index contributed by atoms with van der Waals surface area (Å²) in [5.74, 6) is 1.39. The molecule has 2 aliphatic heterocycles. The maximum Gasteiger partial charge on any atom is 0.267 e. The average Bonchev–Trinajstić information content (AvgIpc) is 2.76. The number of hydrogen-bond donors (Lipinski definition) is 0. The summed E-state index contributed by atoms with van der Waals surface area (Å²) in [4.78, 5) is 29.1. The summed E-state index contributed by atoms with van der Waals surface area (Å²) < 4.78 is 7.14. The quantitative estimate of drug-likeness (QED) is 0.792. The van der Waals surface area contributed by atoms with Crippen molar-refractivity contribution >= 4 is 11.7 Å². The molecule has 1 aromatic heterocycles. The molecule has 2 aromatic rings. The largest absolute Gasteiger partial charge is 0.370 e. The van der Waals surface area contributed by atoms with Crippen molar-refractivity contribution in [2.75, 3.05) is 37.7 Å². The van der Waals surface area contributed by atoms with Crippen molar-refractivity contribution in [1.82, 2.24) is 14.7 Å². The third kappa shape index (κ3) is 4.67. The van der Waals surface area contributed by atoms with Crippen molar-refractivity contribution in [1.29, 1.82) is 0 Å². The molecule has 7 nitrogen and oxygen atoms in total.